The van der Waals surface area contributed by atoms with Crippen molar-refractivity contribution in [3.8, 4) is 0 Å². The Kier molecular flexibility index (Phi) is 4.43. The summed E-state index contributed by atoms with van der Waals surface area (Å²) in [6.45, 7) is 4.87. The van der Waals surface area contributed by atoms with Crippen LogP contribution >= 0.6 is 0 Å². The lowest BCUT2D eigenvalue weighted by Crippen LogP contribution is -2.38. The Hall–Kier alpha value is -0.570. The molecule has 1 N–H and O–H groups in total. The van der Waals surface area contributed by atoms with Crippen molar-refractivity contribution in [1.29, 1.82) is 0 Å². The average Bonchev–Trinajstić information content (AvgIpc) is 2.71. The Bertz CT molecular complexity index is 251. The number of hydrogen-bond donors (Lipinski definition) is 1. The van der Waals surface area contributed by atoms with Gasteiger partial charge in [-0.25, -0.2) is 0 Å². The minimum Gasteiger partial charge on any atom is -0.465 e. The molecule has 3 atom stereocenters. The molecular formula is C14H25NO2. The van der Waals surface area contributed by atoms with Gasteiger partial charge in [-0.3, -0.25) is 4.79 Å². The van der Waals surface area contributed by atoms with Gasteiger partial charge < -0.3 is 10.1 Å². The summed E-state index contributed by atoms with van der Waals surface area (Å²) in [5.41, 5.74) is 0. The van der Waals surface area contributed by atoms with Crippen molar-refractivity contribution < 1.29 is 9.53 Å². The highest BCUT2D eigenvalue weighted by Crippen LogP contribution is 2.33. The molecule has 0 radical (unpaired) electrons. The van der Waals surface area contributed by atoms with Crippen molar-refractivity contribution in [1.82, 2.24) is 5.32 Å². The molecule has 3 unspecified atom stereocenters. The van der Waals surface area contributed by atoms with Crippen LogP contribution in [0.4, 0.5) is 0 Å². The predicted molar refractivity (Wildman–Crippen MR) is 67.7 cm³/mol. The van der Waals surface area contributed by atoms with Gasteiger partial charge in [0, 0.05) is 6.04 Å². The summed E-state index contributed by atoms with van der Waals surface area (Å²) in [5.74, 6) is 1.29. The van der Waals surface area contributed by atoms with Crippen molar-refractivity contribution in [3.63, 3.8) is 0 Å². The summed E-state index contributed by atoms with van der Waals surface area (Å²) in [6.07, 6.45) is 7.12. The molecule has 0 aromatic carbocycles. The number of fused-ring (bicyclic) bond motifs is 1. The lowest BCUT2D eigenvalue weighted by molar-refractivity contribution is -0.146. The van der Waals surface area contributed by atoms with Crippen molar-refractivity contribution in [3.05, 3.63) is 0 Å². The van der Waals surface area contributed by atoms with Gasteiger partial charge in [0.2, 0.25) is 0 Å². The van der Waals surface area contributed by atoms with E-state index >= 15 is 0 Å². The largest absolute Gasteiger partial charge is 0.465 e. The summed E-state index contributed by atoms with van der Waals surface area (Å²) in [7, 11) is 0. The molecule has 0 bridgehead atoms. The van der Waals surface area contributed by atoms with Crippen molar-refractivity contribution in [2.24, 2.45) is 11.8 Å². The van der Waals surface area contributed by atoms with Gasteiger partial charge in [0.1, 0.15) is 6.04 Å². The molecule has 17 heavy (non-hydrogen) atoms. The Morgan fingerprint density at radius 1 is 1.35 bits per heavy atom. The van der Waals surface area contributed by atoms with Crippen LogP contribution in [0.25, 0.3) is 0 Å². The van der Waals surface area contributed by atoms with E-state index in [9.17, 15) is 4.79 Å². The smallest absolute Gasteiger partial charge is 0.323 e. The topological polar surface area (TPSA) is 38.3 Å². The SMILES string of the molecule is CC(C)CCOC(=O)C1CC2CCCCC2N1. The second-order valence-corrected chi connectivity index (χ2v) is 5.96. The van der Waals surface area contributed by atoms with Crippen LogP contribution in [0.1, 0.15) is 52.4 Å². The van der Waals surface area contributed by atoms with Crippen LogP contribution in [0.5, 0.6) is 0 Å². The maximum Gasteiger partial charge on any atom is 0.323 e. The van der Waals surface area contributed by atoms with E-state index in [0.29, 0.717) is 24.5 Å². The molecule has 3 heteroatoms. The molecule has 1 aliphatic carbocycles. The van der Waals surface area contributed by atoms with Crippen LogP contribution in [-0.2, 0) is 9.53 Å². The number of rotatable bonds is 4. The Morgan fingerprint density at radius 3 is 2.82 bits per heavy atom. The molecule has 2 aliphatic rings. The van der Waals surface area contributed by atoms with E-state index in [2.05, 4.69) is 19.2 Å². The lowest BCUT2D eigenvalue weighted by atomic mass is 9.85. The highest BCUT2D eigenvalue weighted by Gasteiger charge is 2.38. The molecule has 1 saturated carbocycles. The van der Waals surface area contributed by atoms with Gasteiger partial charge >= 0.3 is 5.97 Å². The quantitative estimate of drug-likeness (QED) is 0.766. The summed E-state index contributed by atoms with van der Waals surface area (Å²) in [4.78, 5) is 11.9. The fourth-order valence-electron chi connectivity index (χ4n) is 3.00. The fourth-order valence-corrected chi connectivity index (χ4v) is 3.00. The average molecular weight is 239 g/mol. The summed E-state index contributed by atoms with van der Waals surface area (Å²) >= 11 is 0. The predicted octanol–water partition coefficient (Wildman–Crippen LogP) is 2.50. The van der Waals surface area contributed by atoms with E-state index in [1.165, 1.54) is 25.7 Å². The first-order valence-electron chi connectivity index (χ1n) is 7.09. The molecule has 1 saturated heterocycles. The number of esters is 1. The fraction of sp³-hybridized carbons (Fsp3) is 0.929. The van der Waals surface area contributed by atoms with E-state index in [1.54, 1.807) is 0 Å². The second-order valence-electron chi connectivity index (χ2n) is 5.96. The number of ether oxygens (including phenoxy) is 1. The summed E-state index contributed by atoms with van der Waals surface area (Å²) < 4.78 is 5.34. The van der Waals surface area contributed by atoms with Crippen LogP contribution < -0.4 is 5.32 Å². The molecule has 2 rings (SSSR count). The third-order valence-electron chi connectivity index (χ3n) is 4.09. The Balaban J connectivity index is 1.73. The molecule has 1 heterocycles. The Labute approximate surface area is 104 Å². The number of hydrogen-bond acceptors (Lipinski definition) is 3. The first-order valence-corrected chi connectivity index (χ1v) is 7.09. The molecule has 0 spiro atoms. The molecule has 98 valence electrons. The van der Waals surface area contributed by atoms with Crippen molar-refractivity contribution in [2.75, 3.05) is 6.61 Å². The first-order chi connectivity index (χ1) is 8.16. The van der Waals surface area contributed by atoms with Crippen LogP contribution in [0.2, 0.25) is 0 Å². The standard InChI is InChI=1S/C14H25NO2/c1-10(2)7-8-17-14(16)13-9-11-5-3-4-6-12(11)15-13/h10-13,15H,3-9H2,1-2H3. The normalized spacial score (nSPS) is 32.5. The van der Waals surface area contributed by atoms with Gasteiger partial charge in [-0.05, 0) is 37.5 Å². The maximum absolute atomic E-state index is 11.9. The lowest BCUT2D eigenvalue weighted by Gasteiger charge is -2.24. The van der Waals surface area contributed by atoms with Gasteiger partial charge in [-0.1, -0.05) is 26.7 Å². The maximum atomic E-state index is 11.9. The van der Waals surface area contributed by atoms with Crippen LogP contribution in [0.15, 0.2) is 0 Å². The van der Waals surface area contributed by atoms with Crippen molar-refractivity contribution in [2.45, 2.75) is 64.5 Å². The first kappa shape index (κ1) is 12.9. The van der Waals surface area contributed by atoms with E-state index in [-0.39, 0.29) is 12.0 Å². The van der Waals surface area contributed by atoms with Crippen LogP contribution in [0, 0.1) is 11.8 Å². The number of nitrogens with one attached hydrogen (secondary N) is 1. The van der Waals surface area contributed by atoms with Gasteiger partial charge in [-0.15, -0.1) is 0 Å². The molecule has 1 aliphatic heterocycles. The third-order valence-corrected chi connectivity index (χ3v) is 4.09. The third kappa shape index (κ3) is 3.44. The Morgan fingerprint density at radius 2 is 2.12 bits per heavy atom. The summed E-state index contributed by atoms with van der Waals surface area (Å²) in [6, 6.07) is 0.543. The van der Waals surface area contributed by atoms with E-state index < -0.39 is 0 Å². The van der Waals surface area contributed by atoms with Crippen LogP contribution in [0.3, 0.4) is 0 Å². The van der Waals surface area contributed by atoms with Gasteiger partial charge in [-0.2, -0.15) is 0 Å². The number of carbonyl (C=O) groups excluding carboxylic acids is 1. The molecular weight excluding hydrogens is 214 g/mol. The van der Waals surface area contributed by atoms with Gasteiger partial charge in [0.15, 0.2) is 0 Å². The molecule has 0 aromatic rings. The number of carbonyl (C=O) groups is 1. The second kappa shape index (κ2) is 5.85. The zero-order valence-corrected chi connectivity index (χ0v) is 11.1. The molecule has 0 amide bonds. The van der Waals surface area contributed by atoms with Gasteiger partial charge in [0.25, 0.3) is 0 Å². The van der Waals surface area contributed by atoms with E-state index in [0.717, 1.165) is 12.8 Å². The molecule has 0 aromatic heterocycles. The zero-order valence-electron chi connectivity index (χ0n) is 11.1. The molecule has 2 fully saturated rings. The molecule has 3 nitrogen and oxygen atoms in total. The minimum atomic E-state index is -0.0322. The minimum absolute atomic E-state index is 0.0277. The monoisotopic (exact) mass is 239 g/mol. The summed E-state index contributed by atoms with van der Waals surface area (Å²) in [5, 5.41) is 3.46. The highest BCUT2D eigenvalue weighted by molar-refractivity contribution is 5.76. The zero-order chi connectivity index (χ0) is 12.3. The van der Waals surface area contributed by atoms with Gasteiger partial charge in [0.05, 0.1) is 6.61 Å². The van der Waals surface area contributed by atoms with Crippen molar-refractivity contribution >= 4 is 5.97 Å². The van der Waals surface area contributed by atoms with E-state index in [4.69, 9.17) is 4.74 Å². The van der Waals surface area contributed by atoms with E-state index in [1.807, 2.05) is 0 Å². The highest BCUT2D eigenvalue weighted by atomic mass is 16.5. The van der Waals surface area contributed by atoms with Crippen LogP contribution in [-0.4, -0.2) is 24.7 Å².